The van der Waals surface area contributed by atoms with Crippen molar-refractivity contribution in [3.63, 3.8) is 0 Å². The van der Waals surface area contributed by atoms with E-state index >= 15 is 0 Å². The highest BCUT2D eigenvalue weighted by atomic mass is 32.2. The van der Waals surface area contributed by atoms with Crippen LogP contribution in [0.25, 0.3) is 0 Å². The molecule has 0 heterocycles. The van der Waals surface area contributed by atoms with E-state index in [1.165, 1.54) is 0 Å². The van der Waals surface area contributed by atoms with Crippen molar-refractivity contribution in [3.8, 4) is 0 Å². The predicted molar refractivity (Wildman–Crippen MR) is 67.5 cm³/mol. The van der Waals surface area contributed by atoms with E-state index in [0.717, 1.165) is 0 Å². The fourth-order valence-corrected chi connectivity index (χ4v) is 0.750. The highest BCUT2D eigenvalue weighted by molar-refractivity contribution is 8.17. The Bertz CT molecular complexity index is 73.8. The van der Waals surface area contributed by atoms with Crippen LogP contribution in [0.1, 0.15) is 21.3 Å². The quantitative estimate of drug-likeness (QED) is 0.646. The Morgan fingerprint density at radius 2 is 1.08 bits per heavy atom. The van der Waals surface area contributed by atoms with Gasteiger partial charge in [0, 0.05) is 0 Å². The Kier molecular flexibility index (Phi) is 15.0. The van der Waals surface area contributed by atoms with E-state index in [1.54, 1.807) is 0 Å². The third kappa shape index (κ3) is 22.4. The highest BCUT2D eigenvalue weighted by Gasteiger charge is 2.11. The molecule has 0 aliphatic heterocycles. The van der Waals surface area contributed by atoms with Crippen molar-refractivity contribution in [1.29, 1.82) is 0 Å². The molecule has 0 aliphatic rings. The van der Waals surface area contributed by atoms with Crippen molar-refractivity contribution in [2.75, 3.05) is 33.7 Å². The second-order valence-corrected chi connectivity index (χ2v) is 6.27. The summed E-state index contributed by atoms with van der Waals surface area (Å²) in [7, 11) is 6.00. The first-order chi connectivity index (χ1) is 4.85. The number of hydrogen-bond acceptors (Lipinski definition) is 3. The molecule has 0 fully saturated rings. The fourth-order valence-electron chi connectivity index (χ4n) is 0.0833. The number of rotatable bonds is 2. The van der Waals surface area contributed by atoms with Crippen molar-refractivity contribution < 1.29 is 0 Å². The molecular formula is C9H25NS2. The zero-order valence-corrected chi connectivity index (χ0v) is 10.4. The maximum absolute atomic E-state index is 2.22. The molecule has 0 amide bonds. The second-order valence-electron chi connectivity index (χ2n) is 3.15. The minimum atomic E-state index is 0. The van der Waals surface area contributed by atoms with Gasteiger partial charge in [-0.3, -0.25) is 0 Å². The third-order valence-electron chi connectivity index (χ3n) is 0.983. The average Bonchev–Trinajstić information content (AvgIpc) is 1.87. The number of thioether (sulfide) groups is 2. The molecule has 0 bridgehead atoms. The van der Waals surface area contributed by atoms with Crippen molar-refractivity contribution in [1.82, 2.24) is 4.90 Å². The second kappa shape index (κ2) is 9.75. The molecule has 0 radical (unpaired) electrons. The van der Waals surface area contributed by atoms with Crippen LogP contribution in [0.2, 0.25) is 0 Å². The van der Waals surface area contributed by atoms with Gasteiger partial charge in [0.1, 0.15) is 0 Å². The van der Waals surface area contributed by atoms with Gasteiger partial charge in [-0.05, 0) is 47.5 Å². The summed E-state index contributed by atoms with van der Waals surface area (Å²) in [5.41, 5.74) is 0. The van der Waals surface area contributed by atoms with Gasteiger partial charge in [-0.15, -0.1) is 23.5 Å². The Hall–Kier alpha value is 0.660. The Morgan fingerprint density at radius 3 is 1.08 bits per heavy atom. The molecule has 3 heteroatoms. The van der Waals surface area contributed by atoms with Gasteiger partial charge in [-0.25, -0.2) is 0 Å². The van der Waals surface area contributed by atoms with Gasteiger partial charge in [0.2, 0.25) is 0 Å². The van der Waals surface area contributed by atoms with Gasteiger partial charge in [0.05, 0.1) is 4.08 Å². The van der Waals surface area contributed by atoms with Gasteiger partial charge in [-0.1, -0.05) is 7.43 Å². The van der Waals surface area contributed by atoms with E-state index in [-0.39, 0.29) is 7.43 Å². The summed E-state index contributed by atoms with van der Waals surface area (Å²) in [5.74, 6) is 0. The minimum Gasteiger partial charge on any atom is -0.312 e. The first kappa shape index (κ1) is 18.4. The molecule has 0 aliphatic carbocycles. The molecule has 0 saturated carbocycles. The van der Waals surface area contributed by atoms with Crippen LogP contribution in [0.15, 0.2) is 0 Å². The molecule has 0 aromatic carbocycles. The summed E-state index contributed by atoms with van der Waals surface area (Å²) in [4.78, 5) is 2.00. The van der Waals surface area contributed by atoms with Gasteiger partial charge < -0.3 is 4.90 Å². The predicted octanol–water partition coefficient (Wildman–Crippen LogP) is 3.26. The van der Waals surface area contributed by atoms with Crippen molar-refractivity contribution in [2.24, 2.45) is 0 Å². The lowest BCUT2D eigenvalue weighted by Gasteiger charge is -2.17. The van der Waals surface area contributed by atoms with Crippen LogP contribution in [0.3, 0.4) is 0 Å². The Morgan fingerprint density at radius 1 is 0.917 bits per heavy atom. The van der Waals surface area contributed by atoms with Crippen LogP contribution >= 0.6 is 23.5 Å². The Balaban J connectivity index is -0.000000142. The van der Waals surface area contributed by atoms with Crippen molar-refractivity contribution in [3.05, 3.63) is 0 Å². The molecule has 0 spiro atoms. The molecule has 78 valence electrons. The monoisotopic (exact) mass is 211 g/mol. The standard InChI is InChI=1S/C5H12S2.C3H9N.CH4/c1-5(2,6-3)7-4;1-4(2)3;/h1-4H3;1-3H3;1H4. The number of nitrogens with zero attached hydrogens (tertiary/aromatic N) is 1. The molecular weight excluding hydrogens is 186 g/mol. The van der Waals surface area contributed by atoms with Crippen LogP contribution in [-0.2, 0) is 0 Å². The maximum atomic E-state index is 2.22. The van der Waals surface area contributed by atoms with Gasteiger partial charge >= 0.3 is 0 Å². The van der Waals surface area contributed by atoms with Crippen LogP contribution in [0.4, 0.5) is 0 Å². The maximum Gasteiger partial charge on any atom is 0.0549 e. The van der Waals surface area contributed by atoms with Gasteiger partial charge in [0.15, 0.2) is 0 Å². The van der Waals surface area contributed by atoms with Crippen LogP contribution in [-0.4, -0.2) is 42.6 Å². The molecule has 0 aromatic heterocycles. The molecule has 0 unspecified atom stereocenters. The molecule has 0 saturated heterocycles. The van der Waals surface area contributed by atoms with Crippen molar-refractivity contribution in [2.45, 2.75) is 25.4 Å². The molecule has 0 aromatic rings. The van der Waals surface area contributed by atoms with Crippen LogP contribution in [0.5, 0.6) is 0 Å². The first-order valence-electron chi connectivity index (χ1n) is 3.57. The summed E-state index contributed by atoms with van der Waals surface area (Å²) in [6.45, 7) is 4.45. The average molecular weight is 211 g/mol. The largest absolute Gasteiger partial charge is 0.312 e. The highest BCUT2D eigenvalue weighted by Crippen LogP contribution is 2.31. The molecule has 0 N–H and O–H groups in total. The molecule has 0 rings (SSSR count). The number of hydrogen-bond donors (Lipinski definition) is 0. The molecule has 1 nitrogen and oxygen atoms in total. The lowest BCUT2D eigenvalue weighted by atomic mass is 10.5. The third-order valence-corrected chi connectivity index (χ3v) is 3.95. The summed E-state index contributed by atoms with van der Waals surface area (Å²) in [6, 6.07) is 0. The van der Waals surface area contributed by atoms with E-state index in [9.17, 15) is 0 Å². The first-order valence-corrected chi connectivity index (χ1v) is 6.02. The lowest BCUT2D eigenvalue weighted by molar-refractivity contribution is 0.505. The molecule has 12 heavy (non-hydrogen) atoms. The van der Waals surface area contributed by atoms with E-state index in [1.807, 2.05) is 49.6 Å². The van der Waals surface area contributed by atoms with E-state index in [0.29, 0.717) is 4.08 Å². The van der Waals surface area contributed by atoms with Crippen LogP contribution in [0, 0.1) is 0 Å². The lowest BCUT2D eigenvalue weighted by Crippen LogP contribution is -2.05. The Labute approximate surface area is 87.7 Å². The minimum absolute atomic E-state index is 0. The summed E-state index contributed by atoms with van der Waals surface area (Å²) in [6.07, 6.45) is 4.27. The van der Waals surface area contributed by atoms with Crippen LogP contribution < -0.4 is 0 Å². The topological polar surface area (TPSA) is 3.24 Å². The van der Waals surface area contributed by atoms with E-state index in [2.05, 4.69) is 26.4 Å². The summed E-state index contributed by atoms with van der Waals surface area (Å²) in [5, 5.41) is 0. The van der Waals surface area contributed by atoms with Gasteiger partial charge in [-0.2, -0.15) is 0 Å². The normalized spacial score (nSPS) is 10.0. The van der Waals surface area contributed by atoms with Gasteiger partial charge in [0.25, 0.3) is 0 Å². The summed E-state index contributed by atoms with van der Waals surface area (Å²) < 4.78 is 0.417. The summed E-state index contributed by atoms with van der Waals surface area (Å²) >= 11 is 3.78. The fraction of sp³-hybridized carbons (Fsp3) is 1.00. The smallest absolute Gasteiger partial charge is 0.0549 e. The van der Waals surface area contributed by atoms with Crippen molar-refractivity contribution >= 4 is 23.5 Å². The molecule has 0 atom stereocenters. The SMILES string of the molecule is C.CN(C)C.CSC(C)(C)SC. The zero-order chi connectivity index (χ0) is 9.49. The zero-order valence-electron chi connectivity index (χ0n) is 8.76. The van der Waals surface area contributed by atoms with E-state index < -0.39 is 0 Å². The van der Waals surface area contributed by atoms with E-state index in [4.69, 9.17) is 0 Å².